The van der Waals surface area contributed by atoms with Crippen LogP contribution in [0.4, 0.5) is 11.4 Å². The molecule has 17 heavy (non-hydrogen) atoms. The van der Waals surface area contributed by atoms with E-state index in [2.05, 4.69) is 42.5 Å². The van der Waals surface area contributed by atoms with Crippen molar-refractivity contribution in [3.8, 4) is 0 Å². The molecule has 2 rings (SSSR count). The Labute approximate surface area is 103 Å². The van der Waals surface area contributed by atoms with Gasteiger partial charge in [-0.05, 0) is 33.3 Å². The first-order valence-electron chi connectivity index (χ1n) is 6.23. The highest BCUT2D eigenvalue weighted by atomic mass is 16.5. The molecular weight excluding hydrogens is 214 g/mol. The van der Waals surface area contributed by atoms with E-state index >= 15 is 0 Å². The fraction of sp³-hybridized carbons (Fsp3) is 0.615. The Hall–Kier alpha value is -1.29. The predicted molar refractivity (Wildman–Crippen MR) is 70.5 cm³/mol. The van der Waals surface area contributed by atoms with Crippen LogP contribution >= 0.6 is 0 Å². The molecule has 0 amide bonds. The Morgan fingerprint density at radius 1 is 1.47 bits per heavy atom. The van der Waals surface area contributed by atoms with Crippen LogP contribution in [-0.4, -0.2) is 29.8 Å². The lowest BCUT2D eigenvalue weighted by Crippen LogP contribution is -2.41. The van der Waals surface area contributed by atoms with Crippen molar-refractivity contribution in [3.05, 3.63) is 18.5 Å². The zero-order valence-electron chi connectivity index (χ0n) is 10.8. The van der Waals surface area contributed by atoms with Gasteiger partial charge in [-0.25, -0.2) is 0 Å². The Bertz CT molecular complexity index is 383. The summed E-state index contributed by atoms with van der Waals surface area (Å²) >= 11 is 0. The zero-order chi connectivity index (χ0) is 12.3. The minimum absolute atomic E-state index is 0.00647. The summed E-state index contributed by atoms with van der Waals surface area (Å²) in [5.74, 6) is 0. The monoisotopic (exact) mass is 235 g/mol. The third kappa shape index (κ3) is 2.69. The second-order valence-corrected chi connectivity index (χ2v) is 4.80. The van der Waals surface area contributed by atoms with Crippen molar-refractivity contribution in [2.75, 3.05) is 23.8 Å². The summed E-state index contributed by atoms with van der Waals surface area (Å²) in [5, 5.41) is 6.80. The molecule has 1 aliphatic heterocycles. The summed E-state index contributed by atoms with van der Waals surface area (Å²) < 4.78 is 5.62. The zero-order valence-corrected chi connectivity index (χ0v) is 10.8. The second kappa shape index (κ2) is 4.92. The number of hydrogen-bond donors (Lipinski definition) is 2. The fourth-order valence-corrected chi connectivity index (χ4v) is 2.14. The maximum absolute atomic E-state index is 5.62. The van der Waals surface area contributed by atoms with E-state index in [1.807, 2.05) is 12.4 Å². The van der Waals surface area contributed by atoms with Gasteiger partial charge in [0.2, 0.25) is 0 Å². The van der Waals surface area contributed by atoms with Crippen LogP contribution < -0.4 is 10.6 Å². The third-order valence-electron chi connectivity index (χ3n) is 3.44. The van der Waals surface area contributed by atoms with Gasteiger partial charge in [0.15, 0.2) is 0 Å². The molecule has 0 bridgehead atoms. The highest BCUT2D eigenvalue weighted by Crippen LogP contribution is 2.29. The van der Waals surface area contributed by atoms with Crippen molar-refractivity contribution in [3.63, 3.8) is 0 Å². The average Bonchev–Trinajstić information content (AvgIpc) is 2.60. The molecule has 0 aromatic carbocycles. The highest BCUT2D eigenvalue weighted by molar-refractivity contribution is 5.55. The molecule has 1 aliphatic rings. The molecule has 1 aromatic heterocycles. The van der Waals surface area contributed by atoms with E-state index < -0.39 is 0 Å². The lowest BCUT2D eigenvalue weighted by atomic mass is 9.94. The molecule has 0 radical (unpaired) electrons. The number of pyridine rings is 1. The number of nitrogens with zero attached hydrogens (tertiary/aromatic N) is 1. The average molecular weight is 235 g/mol. The van der Waals surface area contributed by atoms with Crippen LogP contribution in [0.25, 0.3) is 0 Å². The lowest BCUT2D eigenvalue weighted by molar-refractivity contribution is 0.105. The van der Waals surface area contributed by atoms with Crippen molar-refractivity contribution in [1.82, 2.24) is 4.98 Å². The first-order chi connectivity index (χ1) is 8.14. The molecule has 4 nitrogen and oxygen atoms in total. The quantitative estimate of drug-likeness (QED) is 0.841. The third-order valence-corrected chi connectivity index (χ3v) is 3.44. The minimum atomic E-state index is 0.00647. The second-order valence-electron chi connectivity index (χ2n) is 4.80. The number of nitrogens with one attached hydrogen (secondary N) is 2. The van der Waals surface area contributed by atoms with Gasteiger partial charge in [0.25, 0.3) is 0 Å². The van der Waals surface area contributed by atoms with Crippen LogP contribution in [0, 0.1) is 0 Å². The van der Waals surface area contributed by atoms with Crippen molar-refractivity contribution >= 4 is 11.4 Å². The normalized spacial score (nSPS) is 28.1. The molecule has 2 heterocycles. The lowest BCUT2D eigenvalue weighted by Gasteiger charge is -2.30. The molecule has 1 aromatic rings. The molecule has 0 spiro atoms. The first kappa shape index (κ1) is 12.2. The van der Waals surface area contributed by atoms with Gasteiger partial charge in [-0.1, -0.05) is 0 Å². The smallest absolute Gasteiger partial charge is 0.0774 e. The number of rotatable bonds is 4. The molecule has 94 valence electrons. The Balaban J connectivity index is 2.10. The van der Waals surface area contributed by atoms with Gasteiger partial charge in [0.1, 0.15) is 0 Å². The van der Waals surface area contributed by atoms with Crippen LogP contribution in [-0.2, 0) is 4.74 Å². The Morgan fingerprint density at radius 2 is 2.24 bits per heavy atom. The van der Waals surface area contributed by atoms with E-state index in [4.69, 9.17) is 4.74 Å². The van der Waals surface area contributed by atoms with E-state index in [9.17, 15) is 0 Å². The predicted octanol–water partition coefficient (Wildman–Crippen LogP) is 2.49. The van der Waals surface area contributed by atoms with Crippen LogP contribution in [0.3, 0.4) is 0 Å². The fourth-order valence-electron chi connectivity index (χ4n) is 2.14. The molecule has 2 N–H and O–H groups in total. The van der Waals surface area contributed by atoms with E-state index in [1.165, 1.54) is 0 Å². The summed E-state index contributed by atoms with van der Waals surface area (Å²) in [6.45, 7) is 8.12. The standard InChI is InChI=1S/C13H21N3O/c1-4-15-11-7-12(9-14-8-11)16-13(3)5-6-17-10(13)2/h7-10,15-16H,4-6H2,1-3H3. The number of aromatic nitrogens is 1. The van der Waals surface area contributed by atoms with E-state index in [-0.39, 0.29) is 11.6 Å². The summed E-state index contributed by atoms with van der Waals surface area (Å²) in [6, 6.07) is 2.09. The summed E-state index contributed by atoms with van der Waals surface area (Å²) in [5.41, 5.74) is 2.10. The maximum atomic E-state index is 5.62. The molecule has 0 saturated carbocycles. The van der Waals surface area contributed by atoms with E-state index in [1.54, 1.807) is 0 Å². The summed E-state index contributed by atoms with van der Waals surface area (Å²) in [6.07, 6.45) is 4.95. The van der Waals surface area contributed by atoms with Crippen LogP contribution in [0.5, 0.6) is 0 Å². The molecule has 4 heteroatoms. The molecule has 2 atom stereocenters. The van der Waals surface area contributed by atoms with Crippen molar-refractivity contribution in [2.24, 2.45) is 0 Å². The Kier molecular flexibility index (Phi) is 3.52. The van der Waals surface area contributed by atoms with Gasteiger partial charge < -0.3 is 15.4 Å². The largest absolute Gasteiger partial charge is 0.384 e. The van der Waals surface area contributed by atoms with Crippen LogP contribution in [0.15, 0.2) is 18.5 Å². The maximum Gasteiger partial charge on any atom is 0.0774 e. The van der Waals surface area contributed by atoms with Crippen LogP contribution in [0.1, 0.15) is 27.2 Å². The summed E-state index contributed by atoms with van der Waals surface area (Å²) in [4.78, 5) is 4.24. The van der Waals surface area contributed by atoms with Gasteiger partial charge in [-0.2, -0.15) is 0 Å². The molecule has 1 saturated heterocycles. The molecular formula is C13H21N3O. The van der Waals surface area contributed by atoms with Crippen molar-refractivity contribution in [1.29, 1.82) is 0 Å². The highest BCUT2D eigenvalue weighted by Gasteiger charge is 2.36. The molecule has 1 fully saturated rings. The van der Waals surface area contributed by atoms with Gasteiger partial charge in [0, 0.05) is 13.2 Å². The SMILES string of the molecule is CCNc1cncc(NC2(C)CCOC2C)c1. The summed E-state index contributed by atoms with van der Waals surface area (Å²) in [7, 11) is 0. The van der Waals surface area contributed by atoms with Gasteiger partial charge in [0.05, 0.1) is 35.4 Å². The van der Waals surface area contributed by atoms with E-state index in [0.717, 1.165) is 30.9 Å². The van der Waals surface area contributed by atoms with Crippen LogP contribution in [0.2, 0.25) is 0 Å². The number of anilines is 2. The Morgan fingerprint density at radius 3 is 2.88 bits per heavy atom. The number of ether oxygens (including phenoxy) is 1. The van der Waals surface area contributed by atoms with E-state index in [0.29, 0.717) is 0 Å². The minimum Gasteiger partial charge on any atom is -0.384 e. The molecule has 2 unspecified atom stereocenters. The van der Waals surface area contributed by atoms with Gasteiger partial charge >= 0.3 is 0 Å². The topological polar surface area (TPSA) is 46.2 Å². The number of hydrogen-bond acceptors (Lipinski definition) is 4. The van der Waals surface area contributed by atoms with Crippen molar-refractivity contribution in [2.45, 2.75) is 38.8 Å². The van der Waals surface area contributed by atoms with Gasteiger partial charge in [-0.3, -0.25) is 4.98 Å². The van der Waals surface area contributed by atoms with Gasteiger partial charge in [-0.15, -0.1) is 0 Å². The van der Waals surface area contributed by atoms with Crippen molar-refractivity contribution < 1.29 is 4.74 Å². The molecule has 0 aliphatic carbocycles. The first-order valence-corrected chi connectivity index (χ1v) is 6.23.